The van der Waals surface area contributed by atoms with E-state index >= 15 is 0 Å². The molecular weight excluding hydrogens is 374 g/mol. The van der Waals surface area contributed by atoms with E-state index in [-0.39, 0.29) is 18.1 Å². The van der Waals surface area contributed by atoms with E-state index in [1.54, 1.807) is 0 Å². The predicted octanol–water partition coefficient (Wildman–Crippen LogP) is 0.349. The third kappa shape index (κ3) is 5.29. The Morgan fingerprint density at radius 2 is 2.08 bits per heavy atom. The van der Waals surface area contributed by atoms with Crippen molar-refractivity contribution in [3.05, 3.63) is 29.3 Å². The highest BCUT2D eigenvalue weighted by atomic mass is 35.5. The molecule has 4 atom stereocenters. The molecule has 0 aliphatic carbocycles. The Kier molecular flexibility index (Phi) is 6.64. The van der Waals surface area contributed by atoms with Crippen LogP contribution < -0.4 is 5.32 Å². The standard InChI is InChI=1S/C15H20ClNO7S/c1-9(8-25(21,22)11-4-2-10(16)3-5-11)24-15(20)17-12-7-23-13(6-18)14(12)19/h2-5,9,12-14,18-19H,6-8H2,1H3,(H,17,20)/t9?,12?,13-,14?/m1/s1. The third-order valence-corrected chi connectivity index (χ3v) is 5.85. The summed E-state index contributed by atoms with van der Waals surface area (Å²) in [7, 11) is -3.64. The van der Waals surface area contributed by atoms with Crippen molar-refractivity contribution in [2.75, 3.05) is 19.0 Å². The minimum Gasteiger partial charge on any atom is -0.445 e. The summed E-state index contributed by atoms with van der Waals surface area (Å²) in [5.41, 5.74) is 0. The molecule has 1 aromatic carbocycles. The van der Waals surface area contributed by atoms with E-state index < -0.39 is 46.0 Å². The fourth-order valence-corrected chi connectivity index (χ4v) is 3.98. The molecule has 0 radical (unpaired) electrons. The molecule has 1 fully saturated rings. The highest BCUT2D eigenvalue weighted by molar-refractivity contribution is 7.91. The number of carbonyl (C=O) groups is 1. The van der Waals surface area contributed by atoms with Crippen LogP contribution >= 0.6 is 11.6 Å². The van der Waals surface area contributed by atoms with Crippen LogP contribution in [0.1, 0.15) is 6.92 Å². The summed E-state index contributed by atoms with van der Waals surface area (Å²) in [4.78, 5) is 11.9. The zero-order chi connectivity index (χ0) is 18.6. The summed E-state index contributed by atoms with van der Waals surface area (Å²) in [5, 5.41) is 21.6. The monoisotopic (exact) mass is 393 g/mol. The van der Waals surface area contributed by atoms with Crippen LogP contribution in [-0.2, 0) is 19.3 Å². The Morgan fingerprint density at radius 1 is 1.44 bits per heavy atom. The Bertz CT molecular complexity index is 694. The van der Waals surface area contributed by atoms with E-state index in [0.717, 1.165) is 0 Å². The maximum Gasteiger partial charge on any atom is 0.407 e. The average molecular weight is 394 g/mol. The number of hydrogen-bond acceptors (Lipinski definition) is 7. The number of carbonyl (C=O) groups excluding carboxylic acids is 1. The van der Waals surface area contributed by atoms with E-state index in [2.05, 4.69) is 5.32 Å². The quantitative estimate of drug-likeness (QED) is 0.637. The number of benzene rings is 1. The van der Waals surface area contributed by atoms with Crippen molar-refractivity contribution in [3.63, 3.8) is 0 Å². The van der Waals surface area contributed by atoms with Crippen molar-refractivity contribution in [2.24, 2.45) is 0 Å². The van der Waals surface area contributed by atoms with Crippen LogP contribution in [0.2, 0.25) is 5.02 Å². The van der Waals surface area contributed by atoms with Crippen LogP contribution in [-0.4, -0.2) is 68.0 Å². The molecule has 0 aromatic heterocycles. The molecule has 1 aliphatic rings. The van der Waals surface area contributed by atoms with Crippen molar-refractivity contribution < 1.29 is 32.9 Å². The number of halogens is 1. The number of rotatable bonds is 6. The average Bonchev–Trinajstić information content (AvgIpc) is 2.87. The molecular formula is C15H20ClNO7S. The third-order valence-electron chi connectivity index (χ3n) is 3.70. The number of aliphatic hydroxyl groups is 2. The molecule has 3 unspecified atom stereocenters. The van der Waals surface area contributed by atoms with E-state index in [0.29, 0.717) is 5.02 Å². The fourth-order valence-electron chi connectivity index (χ4n) is 2.42. The normalized spacial score (nSPS) is 24.7. The molecule has 8 nitrogen and oxygen atoms in total. The lowest BCUT2D eigenvalue weighted by Gasteiger charge is -2.19. The minimum atomic E-state index is -3.64. The lowest BCUT2D eigenvalue weighted by atomic mass is 10.1. The molecule has 1 aromatic rings. The Labute approximate surface area is 150 Å². The van der Waals surface area contributed by atoms with Gasteiger partial charge in [-0.3, -0.25) is 0 Å². The number of nitrogens with one attached hydrogen (secondary N) is 1. The molecule has 0 bridgehead atoms. The predicted molar refractivity (Wildman–Crippen MR) is 89.2 cm³/mol. The lowest BCUT2D eigenvalue weighted by molar-refractivity contribution is 0.00261. The van der Waals surface area contributed by atoms with Gasteiger partial charge in [-0.1, -0.05) is 11.6 Å². The zero-order valence-electron chi connectivity index (χ0n) is 13.5. The van der Waals surface area contributed by atoms with Crippen LogP contribution in [0.5, 0.6) is 0 Å². The SMILES string of the molecule is CC(CS(=O)(=O)c1ccc(Cl)cc1)OC(=O)NC1CO[C@H](CO)C1O. The van der Waals surface area contributed by atoms with Gasteiger partial charge in [-0.25, -0.2) is 13.2 Å². The van der Waals surface area contributed by atoms with Crippen LogP contribution in [0.15, 0.2) is 29.2 Å². The molecule has 10 heteroatoms. The summed E-state index contributed by atoms with van der Waals surface area (Å²) in [6.45, 7) is 1.11. The summed E-state index contributed by atoms with van der Waals surface area (Å²) in [6.07, 6.45) is -3.61. The first kappa shape index (κ1) is 19.9. The molecule has 140 valence electrons. The second-order valence-corrected chi connectivity index (χ2v) is 8.22. The van der Waals surface area contributed by atoms with Gasteiger partial charge in [0.1, 0.15) is 18.3 Å². The van der Waals surface area contributed by atoms with Gasteiger partial charge in [0.25, 0.3) is 0 Å². The van der Waals surface area contributed by atoms with Gasteiger partial charge < -0.3 is 25.0 Å². The van der Waals surface area contributed by atoms with Crippen LogP contribution in [0.4, 0.5) is 4.79 Å². The largest absolute Gasteiger partial charge is 0.445 e. The summed E-state index contributed by atoms with van der Waals surface area (Å²) >= 11 is 5.73. The van der Waals surface area contributed by atoms with Gasteiger partial charge in [0.05, 0.1) is 29.9 Å². The molecule has 1 aliphatic heterocycles. The molecule has 25 heavy (non-hydrogen) atoms. The highest BCUT2D eigenvalue weighted by Crippen LogP contribution is 2.17. The van der Waals surface area contributed by atoms with Crippen LogP contribution in [0, 0.1) is 0 Å². The number of aliphatic hydroxyl groups excluding tert-OH is 2. The Morgan fingerprint density at radius 3 is 2.64 bits per heavy atom. The first-order valence-corrected chi connectivity index (χ1v) is 9.62. The topological polar surface area (TPSA) is 122 Å². The summed E-state index contributed by atoms with van der Waals surface area (Å²) in [6, 6.07) is 4.96. The van der Waals surface area contributed by atoms with Crippen molar-refractivity contribution >= 4 is 27.5 Å². The Hall–Kier alpha value is -1.39. The lowest BCUT2D eigenvalue weighted by Crippen LogP contribution is -2.46. The molecule has 0 spiro atoms. The Balaban J connectivity index is 1.88. The molecule has 1 heterocycles. The van der Waals surface area contributed by atoms with Gasteiger partial charge in [-0.2, -0.15) is 0 Å². The van der Waals surface area contributed by atoms with Gasteiger partial charge in [-0.15, -0.1) is 0 Å². The van der Waals surface area contributed by atoms with Crippen molar-refractivity contribution in [1.29, 1.82) is 0 Å². The minimum absolute atomic E-state index is 0.0267. The van der Waals surface area contributed by atoms with E-state index in [4.69, 9.17) is 26.2 Å². The first-order chi connectivity index (χ1) is 11.7. The highest BCUT2D eigenvalue weighted by Gasteiger charge is 2.37. The zero-order valence-corrected chi connectivity index (χ0v) is 15.0. The number of ether oxygens (including phenoxy) is 2. The van der Waals surface area contributed by atoms with Crippen LogP contribution in [0.3, 0.4) is 0 Å². The molecule has 0 saturated carbocycles. The second kappa shape index (κ2) is 8.33. The molecule has 3 N–H and O–H groups in total. The number of alkyl carbamates (subject to hydrolysis) is 1. The molecule has 1 amide bonds. The van der Waals surface area contributed by atoms with E-state index in [1.807, 2.05) is 0 Å². The van der Waals surface area contributed by atoms with Gasteiger partial charge >= 0.3 is 6.09 Å². The summed E-state index contributed by atoms with van der Waals surface area (Å²) < 4.78 is 34.7. The van der Waals surface area contributed by atoms with Gasteiger partial charge in [0, 0.05) is 5.02 Å². The first-order valence-electron chi connectivity index (χ1n) is 7.59. The van der Waals surface area contributed by atoms with Crippen LogP contribution in [0.25, 0.3) is 0 Å². The van der Waals surface area contributed by atoms with Crippen molar-refractivity contribution in [2.45, 2.75) is 36.2 Å². The van der Waals surface area contributed by atoms with E-state index in [1.165, 1.54) is 31.2 Å². The second-order valence-electron chi connectivity index (χ2n) is 5.75. The van der Waals surface area contributed by atoms with Gasteiger partial charge in [-0.05, 0) is 31.2 Å². The fraction of sp³-hybridized carbons (Fsp3) is 0.533. The van der Waals surface area contributed by atoms with Crippen molar-refractivity contribution in [1.82, 2.24) is 5.32 Å². The smallest absolute Gasteiger partial charge is 0.407 e. The number of amides is 1. The summed E-state index contributed by atoms with van der Waals surface area (Å²) in [5.74, 6) is -0.398. The maximum atomic E-state index is 12.3. The van der Waals surface area contributed by atoms with Gasteiger partial charge in [0.15, 0.2) is 9.84 Å². The molecule has 2 rings (SSSR count). The van der Waals surface area contributed by atoms with Crippen molar-refractivity contribution in [3.8, 4) is 0 Å². The molecule has 1 saturated heterocycles. The number of sulfone groups is 1. The van der Waals surface area contributed by atoms with Gasteiger partial charge in [0.2, 0.25) is 0 Å². The number of hydrogen-bond donors (Lipinski definition) is 3. The maximum absolute atomic E-state index is 12.3. The van der Waals surface area contributed by atoms with E-state index in [9.17, 15) is 18.3 Å².